The van der Waals surface area contributed by atoms with E-state index in [1.807, 2.05) is 29.2 Å². The monoisotopic (exact) mass is 331 g/mol. The summed E-state index contributed by atoms with van der Waals surface area (Å²) in [6.45, 7) is 2.07. The summed E-state index contributed by atoms with van der Waals surface area (Å²) in [6.07, 6.45) is 0. The summed E-state index contributed by atoms with van der Waals surface area (Å²) in [4.78, 5) is 13.7. The molecule has 0 radical (unpaired) electrons. The summed E-state index contributed by atoms with van der Waals surface area (Å²) in [7, 11) is 0. The number of hydrogen-bond donors (Lipinski definition) is 2. The minimum atomic E-state index is 0.0221. The Kier molecular flexibility index (Phi) is 3.78. The predicted octanol–water partition coefficient (Wildman–Crippen LogP) is 0.873. The number of halogens is 1. The number of anilines is 1. The van der Waals surface area contributed by atoms with Crippen molar-refractivity contribution in [2.24, 2.45) is 5.73 Å². The van der Waals surface area contributed by atoms with E-state index >= 15 is 0 Å². The lowest BCUT2D eigenvalue weighted by Crippen LogP contribution is -2.57. The van der Waals surface area contributed by atoms with Crippen LogP contribution in [0.5, 0.6) is 0 Å². The zero-order valence-corrected chi connectivity index (χ0v) is 11.0. The average molecular weight is 331 g/mol. The van der Waals surface area contributed by atoms with Crippen LogP contribution in [0.4, 0.5) is 5.69 Å². The highest BCUT2D eigenvalue weighted by molar-refractivity contribution is 14.1. The molecule has 0 unspecified atom stereocenters. The van der Waals surface area contributed by atoms with Gasteiger partial charge in [0.05, 0.1) is 6.54 Å². The molecule has 0 bridgehead atoms. The van der Waals surface area contributed by atoms with Gasteiger partial charge in [0, 0.05) is 28.4 Å². The van der Waals surface area contributed by atoms with Gasteiger partial charge in [-0.05, 0) is 40.8 Å². The third-order valence-corrected chi connectivity index (χ3v) is 3.13. The van der Waals surface area contributed by atoms with Crippen LogP contribution in [0.2, 0.25) is 0 Å². The van der Waals surface area contributed by atoms with Crippen LogP contribution >= 0.6 is 22.6 Å². The van der Waals surface area contributed by atoms with Crippen molar-refractivity contribution >= 4 is 34.2 Å². The van der Waals surface area contributed by atoms with Crippen LogP contribution < -0.4 is 11.1 Å². The number of rotatable bonds is 3. The van der Waals surface area contributed by atoms with E-state index in [2.05, 4.69) is 27.9 Å². The largest absolute Gasteiger partial charge is 0.325 e. The molecule has 5 heteroatoms. The molecule has 1 aromatic carbocycles. The summed E-state index contributed by atoms with van der Waals surface area (Å²) in [5.41, 5.74) is 6.49. The molecular weight excluding hydrogens is 317 g/mol. The normalized spacial score (nSPS) is 16.9. The Hall–Kier alpha value is -0.660. The van der Waals surface area contributed by atoms with E-state index in [0.29, 0.717) is 6.54 Å². The molecule has 1 saturated heterocycles. The van der Waals surface area contributed by atoms with Gasteiger partial charge < -0.3 is 11.1 Å². The molecule has 4 nitrogen and oxygen atoms in total. The standard InChI is InChI=1S/C11H14IN3O/c12-8-2-1-3-10(4-8)14-11(16)7-15-5-9(13)6-15/h1-4,9H,5-7,13H2,(H,14,16). The number of nitrogens with zero attached hydrogens (tertiary/aromatic N) is 1. The first kappa shape index (κ1) is 11.8. The number of hydrogen-bond acceptors (Lipinski definition) is 3. The van der Waals surface area contributed by atoms with E-state index < -0.39 is 0 Å². The molecule has 1 aliphatic heterocycles. The molecule has 1 aromatic rings. The van der Waals surface area contributed by atoms with Gasteiger partial charge in [0.2, 0.25) is 5.91 Å². The van der Waals surface area contributed by atoms with Gasteiger partial charge in [-0.15, -0.1) is 0 Å². The molecule has 1 fully saturated rings. The number of benzene rings is 1. The molecule has 16 heavy (non-hydrogen) atoms. The summed E-state index contributed by atoms with van der Waals surface area (Å²) in [6, 6.07) is 7.99. The molecule has 0 aliphatic carbocycles. The Morgan fingerprint density at radius 2 is 2.31 bits per heavy atom. The van der Waals surface area contributed by atoms with Gasteiger partial charge in [-0.25, -0.2) is 0 Å². The number of amides is 1. The topological polar surface area (TPSA) is 58.4 Å². The molecule has 0 spiro atoms. The second-order valence-corrected chi connectivity index (χ2v) is 5.26. The number of carbonyl (C=O) groups is 1. The van der Waals surface area contributed by atoms with E-state index in [-0.39, 0.29) is 11.9 Å². The van der Waals surface area contributed by atoms with Crippen LogP contribution in [-0.4, -0.2) is 36.5 Å². The van der Waals surface area contributed by atoms with Crippen LogP contribution in [0, 0.1) is 3.57 Å². The highest BCUT2D eigenvalue weighted by atomic mass is 127. The molecule has 2 rings (SSSR count). The van der Waals surface area contributed by atoms with Gasteiger partial charge in [0.1, 0.15) is 0 Å². The third-order valence-electron chi connectivity index (χ3n) is 2.46. The molecule has 0 aromatic heterocycles. The quantitative estimate of drug-likeness (QED) is 0.809. The van der Waals surface area contributed by atoms with Crippen molar-refractivity contribution in [3.05, 3.63) is 27.8 Å². The fourth-order valence-electron chi connectivity index (χ4n) is 1.71. The lowest BCUT2D eigenvalue weighted by atomic mass is 10.1. The first-order chi connectivity index (χ1) is 7.63. The summed E-state index contributed by atoms with van der Waals surface area (Å²) >= 11 is 2.22. The van der Waals surface area contributed by atoms with Gasteiger partial charge in [0.15, 0.2) is 0 Å². The zero-order valence-electron chi connectivity index (χ0n) is 8.82. The van der Waals surface area contributed by atoms with Gasteiger partial charge in [-0.1, -0.05) is 6.07 Å². The van der Waals surface area contributed by atoms with E-state index in [1.54, 1.807) is 0 Å². The Bertz CT molecular complexity index is 391. The summed E-state index contributed by atoms with van der Waals surface area (Å²) < 4.78 is 1.11. The van der Waals surface area contributed by atoms with E-state index in [9.17, 15) is 4.79 Å². The average Bonchev–Trinajstić information content (AvgIpc) is 2.15. The van der Waals surface area contributed by atoms with E-state index in [1.165, 1.54) is 0 Å². The fourth-order valence-corrected chi connectivity index (χ4v) is 2.25. The predicted molar refractivity (Wildman–Crippen MR) is 72.2 cm³/mol. The van der Waals surface area contributed by atoms with Crippen LogP contribution in [0.3, 0.4) is 0 Å². The second-order valence-electron chi connectivity index (χ2n) is 4.01. The Morgan fingerprint density at radius 1 is 1.56 bits per heavy atom. The zero-order chi connectivity index (χ0) is 11.5. The molecular formula is C11H14IN3O. The van der Waals surface area contributed by atoms with Crippen molar-refractivity contribution in [2.45, 2.75) is 6.04 Å². The molecule has 1 aliphatic rings. The molecule has 0 atom stereocenters. The lowest BCUT2D eigenvalue weighted by molar-refractivity contribution is -0.118. The maximum Gasteiger partial charge on any atom is 0.238 e. The maximum absolute atomic E-state index is 11.6. The summed E-state index contributed by atoms with van der Waals surface area (Å²) in [5, 5.41) is 2.87. The third kappa shape index (κ3) is 3.16. The van der Waals surface area contributed by atoms with Crippen LogP contribution in [-0.2, 0) is 4.79 Å². The highest BCUT2D eigenvalue weighted by Crippen LogP contribution is 2.12. The van der Waals surface area contributed by atoms with Gasteiger partial charge in [-0.2, -0.15) is 0 Å². The smallest absolute Gasteiger partial charge is 0.238 e. The molecule has 86 valence electrons. The Labute approximate surface area is 108 Å². The Balaban J connectivity index is 1.83. The highest BCUT2D eigenvalue weighted by Gasteiger charge is 2.24. The maximum atomic E-state index is 11.6. The van der Waals surface area contributed by atoms with Crippen molar-refractivity contribution in [2.75, 3.05) is 25.0 Å². The van der Waals surface area contributed by atoms with Gasteiger partial charge in [-0.3, -0.25) is 9.69 Å². The van der Waals surface area contributed by atoms with Crippen LogP contribution in [0.15, 0.2) is 24.3 Å². The first-order valence-corrected chi connectivity index (χ1v) is 6.25. The van der Waals surface area contributed by atoms with Crippen molar-refractivity contribution in [1.29, 1.82) is 0 Å². The summed E-state index contributed by atoms with van der Waals surface area (Å²) in [5.74, 6) is 0.0221. The molecule has 1 amide bonds. The number of nitrogens with two attached hydrogens (primary N) is 1. The molecule has 0 saturated carbocycles. The minimum Gasteiger partial charge on any atom is -0.325 e. The SMILES string of the molecule is NC1CN(CC(=O)Nc2cccc(I)c2)C1. The van der Waals surface area contributed by atoms with Gasteiger partial charge in [0.25, 0.3) is 0 Å². The van der Waals surface area contributed by atoms with Crippen LogP contribution in [0.25, 0.3) is 0 Å². The lowest BCUT2D eigenvalue weighted by Gasteiger charge is -2.36. The molecule has 3 N–H and O–H groups in total. The second kappa shape index (κ2) is 5.11. The number of carbonyl (C=O) groups excluding carboxylic acids is 1. The van der Waals surface area contributed by atoms with Crippen molar-refractivity contribution < 1.29 is 4.79 Å². The minimum absolute atomic E-state index is 0.0221. The molecule has 1 heterocycles. The number of likely N-dealkylation sites (tertiary alicyclic amines) is 1. The fraction of sp³-hybridized carbons (Fsp3) is 0.364. The Morgan fingerprint density at radius 3 is 2.94 bits per heavy atom. The number of nitrogens with one attached hydrogen (secondary N) is 1. The van der Waals surface area contributed by atoms with Crippen molar-refractivity contribution in [1.82, 2.24) is 4.90 Å². The first-order valence-electron chi connectivity index (χ1n) is 5.17. The van der Waals surface area contributed by atoms with Gasteiger partial charge >= 0.3 is 0 Å². The van der Waals surface area contributed by atoms with Crippen LogP contribution in [0.1, 0.15) is 0 Å². The van der Waals surface area contributed by atoms with E-state index in [0.717, 1.165) is 22.3 Å². The van der Waals surface area contributed by atoms with Crippen molar-refractivity contribution in [3.63, 3.8) is 0 Å². The van der Waals surface area contributed by atoms with E-state index in [4.69, 9.17) is 5.73 Å². The van der Waals surface area contributed by atoms with Crippen molar-refractivity contribution in [3.8, 4) is 0 Å².